The van der Waals surface area contributed by atoms with Crippen LogP contribution in [0, 0.1) is 6.92 Å². The number of rotatable bonds is 11. The molecule has 0 bridgehead atoms. The number of ether oxygens (including phenoxy) is 3. The first-order chi connectivity index (χ1) is 17.2. The van der Waals surface area contributed by atoms with Gasteiger partial charge in [0.25, 0.3) is 5.60 Å². The number of epoxide rings is 1. The van der Waals surface area contributed by atoms with Crippen LogP contribution in [0.4, 0.5) is 0 Å². The molecule has 1 aromatic heterocycles. The molecule has 1 aliphatic heterocycles. The van der Waals surface area contributed by atoms with Crippen molar-refractivity contribution < 1.29 is 32.2 Å². The van der Waals surface area contributed by atoms with E-state index >= 15 is 0 Å². The summed E-state index contributed by atoms with van der Waals surface area (Å²) < 4.78 is 44.3. The summed E-state index contributed by atoms with van der Waals surface area (Å²) in [4.78, 5) is 28.6. The van der Waals surface area contributed by atoms with Crippen molar-refractivity contribution in [2.45, 2.75) is 43.8 Å². The van der Waals surface area contributed by atoms with E-state index in [-0.39, 0.29) is 31.2 Å². The van der Waals surface area contributed by atoms with Gasteiger partial charge in [-0.05, 0) is 51.0 Å². The Morgan fingerprint density at radius 3 is 2.31 bits per heavy atom. The molecule has 1 saturated heterocycles. The van der Waals surface area contributed by atoms with E-state index in [0.717, 1.165) is 22.0 Å². The maximum Gasteiger partial charge on any atom is 0.353 e. The van der Waals surface area contributed by atoms with Crippen LogP contribution in [0.5, 0.6) is 0 Å². The average Bonchev–Trinajstić information content (AvgIpc) is 3.45. The molecule has 2 aromatic carbocycles. The SMILES string of the molecule is CCOC(=O)C1(C(=O)OCC)OC1CN(CCc1c[nH]c2ccccc12)S(=O)(=O)c1ccc(C)cc1. The second-order valence-electron chi connectivity index (χ2n) is 8.57. The van der Waals surface area contributed by atoms with Crippen molar-refractivity contribution in [3.05, 3.63) is 65.9 Å². The zero-order chi connectivity index (χ0) is 25.9. The number of sulfonamides is 1. The van der Waals surface area contributed by atoms with Crippen LogP contribution in [0.1, 0.15) is 25.0 Å². The van der Waals surface area contributed by atoms with Gasteiger partial charge < -0.3 is 19.2 Å². The summed E-state index contributed by atoms with van der Waals surface area (Å²) in [6.45, 7) is 5.09. The number of nitrogens with one attached hydrogen (secondary N) is 1. The summed E-state index contributed by atoms with van der Waals surface area (Å²) in [6, 6.07) is 14.3. The number of aryl methyl sites for hydroxylation is 1. The van der Waals surface area contributed by atoms with Crippen molar-refractivity contribution in [3.63, 3.8) is 0 Å². The highest BCUT2D eigenvalue weighted by Crippen LogP contribution is 2.41. The molecule has 4 rings (SSSR count). The molecule has 36 heavy (non-hydrogen) atoms. The summed E-state index contributed by atoms with van der Waals surface area (Å²) in [5, 5.41) is 1.00. The van der Waals surface area contributed by atoms with Gasteiger partial charge in [-0.2, -0.15) is 4.31 Å². The smallest absolute Gasteiger partial charge is 0.353 e. The highest BCUT2D eigenvalue weighted by Gasteiger charge is 2.71. The van der Waals surface area contributed by atoms with Crippen LogP contribution in [0.2, 0.25) is 0 Å². The second-order valence-corrected chi connectivity index (χ2v) is 10.5. The monoisotopic (exact) mass is 514 g/mol. The normalized spacial score (nSPS) is 16.7. The molecule has 1 unspecified atom stereocenters. The lowest BCUT2D eigenvalue weighted by Crippen LogP contribution is -2.44. The molecule has 1 atom stereocenters. The number of aromatic amines is 1. The quantitative estimate of drug-likeness (QED) is 0.237. The van der Waals surface area contributed by atoms with Crippen LogP contribution in [0.3, 0.4) is 0 Å². The summed E-state index contributed by atoms with van der Waals surface area (Å²) in [5.41, 5.74) is 0.866. The summed E-state index contributed by atoms with van der Waals surface area (Å²) in [7, 11) is -3.97. The molecule has 9 nitrogen and oxygen atoms in total. The minimum atomic E-state index is -3.97. The third-order valence-corrected chi connectivity index (χ3v) is 8.09. The lowest BCUT2D eigenvalue weighted by atomic mass is 10.1. The van der Waals surface area contributed by atoms with E-state index in [1.165, 1.54) is 4.31 Å². The van der Waals surface area contributed by atoms with Crippen molar-refractivity contribution in [2.75, 3.05) is 26.3 Å². The Balaban J connectivity index is 1.63. The molecule has 1 aliphatic rings. The molecule has 0 aliphatic carbocycles. The average molecular weight is 515 g/mol. The lowest BCUT2D eigenvalue weighted by Gasteiger charge is -2.22. The molecule has 0 saturated carbocycles. The van der Waals surface area contributed by atoms with Crippen molar-refractivity contribution in [1.29, 1.82) is 0 Å². The highest BCUT2D eigenvalue weighted by atomic mass is 32.2. The Labute approximate surface area is 210 Å². The zero-order valence-corrected chi connectivity index (χ0v) is 21.3. The minimum Gasteiger partial charge on any atom is -0.463 e. The third-order valence-electron chi connectivity index (χ3n) is 6.22. The van der Waals surface area contributed by atoms with Gasteiger partial charge in [-0.25, -0.2) is 18.0 Å². The maximum absolute atomic E-state index is 13.7. The van der Waals surface area contributed by atoms with Crippen LogP contribution < -0.4 is 0 Å². The second kappa shape index (κ2) is 10.4. The van der Waals surface area contributed by atoms with Crippen molar-refractivity contribution in [1.82, 2.24) is 9.29 Å². The predicted molar refractivity (Wildman–Crippen MR) is 133 cm³/mol. The van der Waals surface area contributed by atoms with Crippen LogP contribution in [0.25, 0.3) is 10.9 Å². The van der Waals surface area contributed by atoms with E-state index < -0.39 is 33.7 Å². The van der Waals surface area contributed by atoms with E-state index in [1.807, 2.05) is 37.4 Å². The Bertz CT molecular complexity index is 1330. The summed E-state index contributed by atoms with van der Waals surface area (Å²) in [6.07, 6.45) is 1.24. The molecule has 1 N–H and O–H groups in total. The standard InChI is InChI=1S/C26H30N2O7S/c1-4-33-24(29)26(25(30)34-5-2)23(35-26)17-28(36(31,32)20-12-10-18(3)11-13-20)15-14-19-16-27-22-9-7-6-8-21(19)22/h6-13,16,23,27H,4-5,14-15,17H2,1-3H3. The molecule has 0 amide bonds. The number of fused-ring (bicyclic) bond motifs is 1. The number of aromatic nitrogens is 1. The molecular formula is C26H30N2O7S. The lowest BCUT2D eigenvalue weighted by molar-refractivity contribution is -0.163. The van der Waals surface area contributed by atoms with Crippen molar-refractivity contribution in [3.8, 4) is 0 Å². The number of carbonyl (C=O) groups is 2. The maximum atomic E-state index is 13.7. The van der Waals surface area contributed by atoms with Crippen LogP contribution >= 0.6 is 0 Å². The van der Waals surface area contributed by atoms with Gasteiger partial charge in [0.05, 0.1) is 18.1 Å². The largest absolute Gasteiger partial charge is 0.463 e. The van der Waals surface area contributed by atoms with Gasteiger partial charge in [0.1, 0.15) is 6.10 Å². The van der Waals surface area contributed by atoms with Gasteiger partial charge in [-0.1, -0.05) is 35.9 Å². The van der Waals surface area contributed by atoms with Crippen LogP contribution in [-0.2, 0) is 40.2 Å². The van der Waals surface area contributed by atoms with Gasteiger partial charge in [0.2, 0.25) is 10.0 Å². The first kappa shape index (κ1) is 25.9. The fraction of sp³-hybridized carbons (Fsp3) is 0.385. The fourth-order valence-electron chi connectivity index (χ4n) is 4.21. The molecule has 3 aromatic rings. The molecule has 192 valence electrons. The molecule has 0 spiro atoms. The predicted octanol–water partition coefficient (Wildman–Crippen LogP) is 2.97. The van der Waals surface area contributed by atoms with Crippen molar-refractivity contribution >= 4 is 32.9 Å². The van der Waals surface area contributed by atoms with E-state index in [4.69, 9.17) is 14.2 Å². The Morgan fingerprint density at radius 2 is 1.67 bits per heavy atom. The van der Waals surface area contributed by atoms with Crippen molar-refractivity contribution in [2.24, 2.45) is 0 Å². The number of para-hydroxylation sites is 1. The number of hydrogen-bond donors (Lipinski definition) is 1. The molecule has 0 radical (unpaired) electrons. The van der Waals surface area contributed by atoms with Crippen LogP contribution in [-0.4, -0.2) is 67.7 Å². The fourth-order valence-corrected chi connectivity index (χ4v) is 5.65. The number of H-pyrrole nitrogens is 1. The first-order valence-electron chi connectivity index (χ1n) is 11.9. The molecule has 10 heteroatoms. The van der Waals surface area contributed by atoms with Gasteiger partial charge in [0, 0.05) is 30.2 Å². The molecule has 1 fully saturated rings. The number of benzene rings is 2. The van der Waals surface area contributed by atoms with E-state index in [9.17, 15) is 18.0 Å². The molecular weight excluding hydrogens is 484 g/mol. The summed E-state index contributed by atoms with van der Waals surface area (Å²) >= 11 is 0. The number of hydrogen-bond acceptors (Lipinski definition) is 7. The van der Waals surface area contributed by atoms with Gasteiger partial charge >= 0.3 is 11.9 Å². The number of nitrogens with zero attached hydrogens (tertiary/aromatic N) is 1. The Kier molecular flexibility index (Phi) is 7.49. The third kappa shape index (κ3) is 4.88. The highest BCUT2D eigenvalue weighted by molar-refractivity contribution is 7.89. The van der Waals surface area contributed by atoms with Crippen LogP contribution in [0.15, 0.2) is 59.6 Å². The summed E-state index contributed by atoms with van der Waals surface area (Å²) in [5.74, 6) is -1.75. The van der Waals surface area contributed by atoms with Gasteiger partial charge in [-0.15, -0.1) is 0 Å². The van der Waals surface area contributed by atoms with E-state index in [1.54, 1.807) is 38.1 Å². The van der Waals surface area contributed by atoms with Gasteiger partial charge in [-0.3, -0.25) is 0 Å². The number of esters is 2. The first-order valence-corrected chi connectivity index (χ1v) is 13.3. The minimum absolute atomic E-state index is 0.0437. The number of carbonyl (C=O) groups excluding carboxylic acids is 2. The molecule has 2 heterocycles. The van der Waals surface area contributed by atoms with Gasteiger partial charge in [0.15, 0.2) is 0 Å². The zero-order valence-electron chi connectivity index (χ0n) is 20.5. The Hall–Kier alpha value is -3.21. The Morgan fingerprint density at radius 1 is 1.03 bits per heavy atom. The van der Waals surface area contributed by atoms with E-state index in [0.29, 0.717) is 6.42 Å². The topological polar surface area (TPSA) is 118 Å². The van der Waals surface area contributed by atoms with E-state index in [2.05, 4.69) is 4.98 Å².